The van der Waals surface area contributed by atoms with Crippen molar-refractivity contribution in [2.75, 3.05) is 0 Å². The number of aryl methyl sites for hydroxylation is 2. The molecule has 0 aliphatic heterocycles. The van der Waals surface area contributed by atoms with Crippen molar-refractivity contribution in [3.05, 3.63) is 11.5 Å². The molecule has 106 valence electrons. The van der Waals surface area contributed by atoms with E-state index in [-0.39, 0.29) is 5.54 Å². The maximum Gasteiger partial charge on any atom is 0.159 e. The van der Waals surface area contributed by atoms with Crippen LogP contribution >= 0.6 is 11.6 Å². The molecule has 2 rings (SSSR count). The molecule has 19 heavy (non-hydrogen) atoms. The van der Waals surface area contributed by atoms with Gasteiger partial charge in [-0.3, -0.25) is 4.68 Å². The lowest BCUT2D eigenvalue weighted by atomic mass is 9.95. The van der Waals surface area contributed by atoms with E-state index in [1.54, 1.807) is 0 Å². The summed E-state index contributed by atoms with van der Waals surface area (Å²) in [6.45, 7) is 8.80. The number of hydrogen-bond acceptors (Lipinski definition) is 2. The van der Waals surface area contributed by atoms with Crippen LogP contribution in [0.15, 0.2) is 0 Å². The topological polar surface area (TPSA) is 35.6 Å². The highest BCUT2D eigenvalue weighted by Crippen LogP contribution is 2.32. The average Bonchev–Trinajstić information content (AvgIpc) is 2.96. The normalized spacial score (nSPS) is 12.5. The van der Waals surface area contributed by atoms with Gasteiger partial charge >= 0.3 is 0 Å². The molecule has 0 spiro atoms. The van der Waals surface area contributed by atoms with Crippen LogP contribution in [0.5, 0.6) is 0 Å². The third kappa shape index (κ3) is 2.06. The lowest BCUT2D eigenvalue weighted by Crippen LogP contribution is -2.30. The SMILES string of the molecule is CCc1nn(C)c2c1nc(CCl)n2C(C)(CC)CC. The molecule has 2 heterocycles. The van der Waals surface area contributed by atoms with E-state index in [0.29, 0.717) is 5.88 Å². The first-order valence-electron chi connectivity index (χ1n) is 7.02. The molecule has 0 N–H and O–H groups in total. The molecular weight excluding hydrogens is 260 g/mol. The molecule has 4 nitrogen and oxygen atoms in total. The summed E-state index contributed by atoms with van der Waals surface area (Å²) in [4.78, 5) is 4.73. The molecule has 0 aromatic carbocycles. The number of halogens is 1. The minimum Gasteiger partial charge on any atom is -0.306 e. The maximum absolute atomic E-state index is 6.12. The lowest BCUT2D eigenvalue weighted by Gasteiger charge is -2.31. The van der Waals surface area contributed by atoms with E-state index in [1.165, 1.54) is 0 Å². The molecule has 0 saturated heterocycles. The van der Waals surface area contributed by atoms with E-state index >= 15 is 0 Å². The number of alkyl halides is 1. The zero-order valence-electron chi connectivity index (χ0n) is 12.5. The smallest absolute Gasteiger partial charge is 0.159 e. The summed E-state index contributed by atoms with van der Waals surface area (Å²) >= 11 is 6.12. The zero-order valence-corrected chi connectivity index (χ0v) is 13.3. The Balaban J connectivity index is 2.81. The van der Waals surface area contributed by atoms with E-state index in [1.807, 2.05) is 11.7 Å². The molecule has 0 unspecified atom stereocenters. The number of nitrogens with zero attached hydrogens (tertiary/aromatic N) is 4. The highest BCUT2D eigenvalue weighted by Gasteiger charge is 2.29. The standard InChI is InChI=1S/C14H23ClN4/c1-6-10-12-13(18(5)17-10)19(11(9-15)16-12)14(4,7-2)8-3/h6-9H2,1-5H3. The van der Waals surface area contributed by atoms with Gasteiger partial charge in [0.05, 0.1) is 11.6 Å². The van der Waals surface area contributed by atoms with Gasteiger partial charge in [-0.15, -0.1) is 11.6 Å². The number of fused-ring (bicyclic) bond motifs is 1. The van der Waals surface area contributed by atoms with Crippen molar-refractivity contribution in [1.29, 1.82) is 0 Å². The number of aromatic nitrogens is 4. The quantitative estimate of drug-likeness (QED) is 0.786. The zero-order chi connectivity index (χ0) is 14.2. The first-order valence-corrected chi connectivity index (χ1v) is 7.55. The van der Waals surface area contributed by atoms with Gasteiger partial charge in [0.15, 0.2) is 5.65 Å². The highest BCUT2D eigenvalue weighted by atomic mass is 35.5. The summed E-state index contributed by atoms with van der Waals surface area (Å²) < 4.78 is 4.24. The molecule has 0 bridgehead atoms. The Kier molecular flexibility index (Phi) is 3.90. The van der Waals surface area contributed by atoms with E-state index in [0.717, 1.165) is 41.9 Å². The van der Waals surface area contributed by atoms with Gasteiger partial charge in [0.2, 0.25) is 0 Å². The van der Waals surface area contributed by atoms with Gasteiger partial charge in [0.25, 0.3) is 0 Å². The third-order valence-electron chi connectivity index (χ3n) is 4.29. The minimum atomic E-state index is 0.0395. The Labute approximate surface area is 119 Å². The van der Waals surface area contributed by atoms with Gasteiger partial charge in [-0.25, -0.2) is 4.98 Å². The number of hydrogen-bond donors (Lipinski definition) is 0. The van der Waals surface area contributed by atoms with Crippen LogP contribution in [-0.4, -0.2) is 19.3 Å². The first kappa shape index (κ1) is 14.4. The predicted octanol–water partition coefficient (Wildman–Crippen LogP) is 3.61. The summed E-state index contributed by atoms with van der Waals surface area (Å²) in [5.74, 6) is 1.39. The molecule has 0 radical (unpaired) electrons. The maximum atomic E-state index is 6.12. The fraction of sp³-hybridized carbons (Fsp3) is 0.714. The highest BCUT2D eigenvalue weighted by molar-refractivity contribution is 6.16. The van der Waals surface area contributed by atoms with Crippen molar-refractivity contribution < 1.29 is 0 Å². The van der Waals surface area contributed by atoms with Gasteiger partial charge in [0, 0.05) is 12.6 Å². The van der Waals surface area contributed by atoms with Crippen molar-refractivity contribution >= 4 is 22.8 Å². The van der Waals surface area contributed by atoms with E-state index in [2.05, 4.69) is 37.4 Å². The van der Waals surface area contributed by atoms with Gasteiger partial charge in [-0.05, 0) is 26.2 Å². The second-order valence-electron chi connectivity index (χ2n) is 5.30. The van der Waals surface area contributed by atoms with Crippen LogP contribution in [0.25, 0.3) is 11.2 Å². The Morgan fingerprint density at radius 3 is 2.32 bits per heavy atom. The molecule has 0 amide bonds. The summed E-state index contributed by atoms with van der Waals surface area (Å²) in [7, 11) is 1.99. The molecular formula is C14H23ClN4. The summed E-state index contributed by atoms with van der Waals surface area (Å²) in [6.07, 6.45) is 2.99. The van der Waals surface area contributed by atoms with Gasteiger partial charge in [-0.1, -0.05) is 20.8 Å². The Morgan fingerprint density at radius 1 is 1.21 bits per heavy atom. The van der Waals surface area contributed by atoms with E-state index in [4.69, 9.17) is 16.6 Å². The summed E-state index contributed by atoms with van der Waals surface area (Å²) in [5.41, 5.74) is 3.20. The van der Waals surface area contributed by atoms with Crippen LogP contribution in [0.1, 0.15) is 52.1 Å². The molecule has 2 aromatic rings. The third-order valence-corrected chi connectivity index (χ3v) is 4.53. The number of rotatable bonds is 5. The second-order valence-corrected chi connectivity index (χ2v) is 5.56. The average molecular weight is 283 g/mol. The molecule has 0 fully saturated rings. The lowest BCUT2D eigenvalue weighted by molar-refractivity contribution is 0.292. The van der Waals surface area contributed by atoms with Crippen LogP contribution in [0.2, 0.25) is 0 Å². The van der Waals surface area contributed by atoms with E-state index < -0.39 is 0 Å². The molecule has 5 heteroatoms. The Hall–Kier alpha value is -1.03. The fourth-order valence-electron chi connectivity index (χ4n) is 2.69. The monoisotopic (exact) mass is 282 g/mol. The van der Waals surface area contributed by atoms with Crippen molar-refractivity contribution in [3.63, 3.8) is 0 Å². The second kappa shape index (κ2) is 5.16. The first-order chi connectivity index (χ1) is 9.02. The van der Waals surface area contributed by atoms with Crippen molar-refractivity contribution in [2.45, 2.75) is 58.4 Å². The van der Waals surface area contributed by atoms with Crippen molar-refractivity contribution in [3.8, 4) is 0 Å². The molecule has 0 aliphatic rings. The van der Waals surface area contributed by atoms with Gasteiger partial charge in [0.1, 0.15) is 11.3 Å². The van der Waals surface area contributed by atoms with Crippen LogP contribution in [0.4, 0.5) is 0 Å². The van der Waals surface area contributed by atoms with Crippen molar-refractivity contribution in [2.24, 2.45) is 7.05 Å². The van der Waals surface area contributed by atoms with Gasteiger partial charge in [-0.2, -0.15) is 5.10 Å². The van der Waals surface area contributed by atoms with Crippen LogP contribution in [0, 0.1) is 0 Å². The fourth-order valence-corrected chi connectivity index (χ4v) is 2.87. The van der Waals surface area contributed by atoms with Gasteiger partial charge < -0.3 is 4.57 Å². The van der Waals surface area contributed by atoms with Crippen molar-refractivity contribution in [1.82, 2.24) is 19.3 Å². The molecule has 2 aromatic heterocycles. The molecule has 0 saturated carbocycles. The summed E-state index contributed by atoms with van der Waals surface area (Å²) in [6, 6.07) is 0. The predicted molar refractivity (Wildman–Crippen MR) is 79.7 cm³/mol. The van der Waals surface area contributed by atoms with E-state index in [9.17, 15) is 0 Å². The van der Waals surface area contributed by atoms with Crippen LogP contribution in [0.3, 0.4) is 0 Å². The van der Waals surface area contributed by atoms with Crippen LogP contribution in [-0.2, 0) is 24.9 Å². The minimum absolute atomic E-state index is 0.0395. The molecule has 0 atom stereocenters. The Bertz CT molecular complexity index is 578. The van der Waals surface area contributed by atoms with Crippen LogP contribution < -0.4 is 0 Å². The largest absolute Gasteiger partial charge is 0.306 e. The Morgan fingerprint density at radius 2 is 1.84 bits per heavy atom. The summed E-state index contributed by atoms with van der Waals surface area (Å²) in [5, 5.41) is 4.58. The number of imidazole rings is 1. The molecule has 0 aliphatic carbocycles.